The van der Waals surface area contributed by atoms with Crippen LogP contribution in [0.25, 0.3) is 0 Å². The van der Waals surface area contributed by atoms with Gasteiger partial charge in [-0.2, -0.15) is 13.2 Å². The second kappa shape index (κ2) is 9.43. The smallest absolute Gasteiger partial charge is 0.387 e. The summed E-state index contributed by atoms with van der Waals surface area (Å²) in [6, 6.07) is 3.87. The number of amides is 1. The Bertz CT molecular complexity index is 1190. The molecule has 186 valence electrons. The summed E-state index contributed by atoms with van der Waals surface area (Å²) >= 11 is 6.07. The molecule has 0 spiro atoms. The van der Waals surface area contributed by atoms with Crippen molar-refractivity contribution in [2.45, 2.75) is 54.6 Å². The van der Waals surface area contributed by atoms with Crippen molar-refractivity contribution in [2.24, 2.45) is 0 Å². The van der Waals surface area contributed by atoms with Gasteiger partial charge in [0.05, 0.1) is 32.7 Å². The number of hydrogen-bond acceptors (Lipinski definition) is 4. The van der Waals surface area contributed by atoms with Crippen LogP contribution in [0.4, 0.5) is 22.0 Å². The summed E-state index contributed by atoms with van der Waals surface area (Å²) in [5.74, 6) is -1.98. The van der Waals surface area contributed by atoms with E-state index >= 15 is 0 Å². The van der Waals surface area contributed by atoms with E-state index in [1.165, 1.54) is 12.1 Å². The van der Waals surface area contributed by atoms with Crippen LogP contribution in [0.1, 0.15) is 53.2 Å². The average molecular weight is 526 g/mol. The topological polar surface area (TPSA) is 83.5 Å². The largest absolute Gasteiger partial charge is 0.416 e. The highest BCUT2D eigenvalue weighted by atomic mass is 35.5. The van der Waals surface area contributed by atoms with Crippen LogP contribution in [-0.4, -0.2) is 37.5 Å². The van der Waals surface area contributed by atoms with Gasteiger partial charge in [-0.25, -0.2) is 17.2 Å². The molecular formula is C22H21ClF5NO4S. The molecule has 34 heavy (non-hydrogen) atoms. The molecule has 0 radical (unpaired) electrons. The van der Waals surface area contributed by atoms with E-state index < -0.39 is 66.6 Å². The van der Waals surface area contributed by atoms with E-state index in [0.717, 1.165) is 6.07 Å². The van der Waals surface area contributed by atoms with Crippen molar-refractivity contribution in [3.8, 4) is 0 Å². The maximum absolute atomic E-state index is 14.2. The summed E-state index contributed by atoms with van der Waals surface area (Å²) in [7, 11) is -4.28. The molecule has 0 heterocycles. The maximum atomic E-state index is 14.2. The Kier molecular flexibility index (Phi) is 7.31. The number of rotatable bonds is 5. The number of sulfone groups is 1. The lowest BCUT2D eigenvalue weighted by atomic mass is 9.76. The van der Waals surface area contributed by atoms with Gasteiger partial charge in [0.15, 0.2) is 9.84 Å². The molecule has 12 heteroatoms. The minimum absolute atomic E-state index is 0.0392. The zero-order chi connectivity index (χ0) is 25.5. The van der Waals surface area contributed by atoms with Crippen LogP contribution in [0.5, 0.6) is 0 Å². The van der Waals surface area contributed by atoms with Crippen LogP contribution in [0, 0.1) is 5.82 Å². The second-order valence-corrected chi connectivity index (χ2v) is 10.7. The molecule has 5 nitrogen and oxygen atoms in total. The molecule has 1 amide bonds. The first-order chi connectivity index (χ1) is 15.6. The molecule has 1 aliphatic carbocycles. The lowest BCUT2D eigenvalue weighted by Crippen LogP contribution is -2.49. The first kappa shape index (κ1) is 26.4. The average Bonchev–Trinajstić information content (AvgIpc) is 2.74. The summed E-state index contributed by atoms with van der Waals surface area (Å²) in [5, 5.41) is 13.3. The molecule has 1 fully saturated rings. The van der Waals surface area contributed by atoms with E-state index in [2.05, 4.69) is 5.32 Å². The summed E-state index contributed by atoms with van der Waals surface area (Å²) in [4.78, 5) is 12.3. The standard InChI is InChI=1S/C22H21ClF5NO4S/c1-34(32,33)17-11-12(22(26,27)28)5-6-14(17)20(30)29-19(15-3-2-4-16(25)18(15)23)21(31)9-7-13(24)8-10-21/h2-6,11,13,19,31H,7-10H2,1H3,(H,29,30)/t13-,19?,21-. The van der Waals surface area contributed by atoms with Gasteiger partial charge < -0.3 is 10.4 Å². The van der Waals surface area contributed by atoms with E-state index in [4.69, 9.17) is 11.6 Å². The SMILES string of the molecule is CS(=O)(=O)c1cc(C(F)(F)F)ccc1C(=O)NC(c1cccc(F)c1Cl)[C@]1(O)CC[C@H](F)CC1. The predicted molar refractivity (Wildman–Crippen MR) is 114 cm³/mol. The van der Waals surface area contributed by atoms with Crippen LogP contribution in [0.3, 0.4) is 0 Å². The molecule has 0 saturated heterocycles. The molecule has 1 unspecified atom stereocenters. The molecule has 2 N–H and O–H groups in total. The van der Waals surface area contributed by atoms with Gasteiger partial charge in [-0.05, 0) is 55.5 Å². The highest BCUT2D eigenvalue weighted by molar-refractivity contribution is 7.90. The zero-order valence-corrected chi connectivity index (χ0v) is 19.4. The highest BCUT2D eigenvalue weighted by Crippen LogP contribution is 2.42. The Hall–Kier alpha value is -2.24. The first-order valence-corrected chi connectivity index (χ1v) is 12.4. The summed E-state index contributed by atoms with van der Waals surface area (Å²) in [6.07, 6.45) is -5.75. The molecule has 0 aromatic heterocycles. The third-order valence-electron chi connectivity index (χ3n) is 5.84. The Morgan fingerprint density at radius 3 is 2.38 bits per heavy atom. The molecule has 1 atom stereocenters. The number of nitrogens with one attached hydrogen (secondary N) is 1. The quantitative estimate of drug-likeness (QED) is 0.537. The van der Waals surface area contributed by atoms with Gasteiger partial charge >= 0.3 is 6.18 Å². The van der Waals surface area contributed by atoms with Crippen molar-refractivity contribution >= 4 is 27.3 Å². The van der Waals surface area contributed by atoms with Gasteiger partial charge in [-0.3, -0.25) is 4.79 Å². The summed E-state index contributed by atoms with van der Waals surface area (Å²) in [5.41, 5.74) is -3.68. The van der Waals surface area contributed by atoms with Crippen molar-refractivity contribution < 1.29 is 40.3 Å². The Labute approximate surface area is 197 Å². The lowest BCUT2D eigenvalue weighted by molar-refractivity contribution is -0.137. The third kappa shape index (κ3) is 5.52. The fraction of sp³-hybridized carbons (Fsp3) is 0.409. The van der Waals surface area contributed by atoms with Crippen molar-refractivity contribution in [1.82, 2.24) is 5.32 Å². The minimum Gasteiger partial charge on any atom is -0.387 e. The van der Waals surface area contributed by atoms with E-state index in [1.54, 1.807) is 0 Å². The van der Waals surface area contributed by atoms with Crippen LogP contribution in [0.2, 0.25) is 5.02 Å². The number of hydrogen-bond donors (Lipinski definition) is 2. The van der Waals surface area contributed by atoms with Gasteiger partial charge in [0.2, 0.25) is 0 Å². The minimum atomic E-state index is -4.85. The zero-order valence-electron chi connectivity index (χ0n) is 17.8. The molecule has 3 rings (SSSR count). The fourth-order valence-corrected chi connectivity index (χ4v) is 5.15. The lowest BCUT2D eigenvalue weighted by Gasteiger charge is -2.41. The Morgan fingerprint density at radius 1 is 1.21 bits per heavy atom. The van der Waals surface area contributed by atoms with Gasteiger partial charge in [0.25, 0.3) is 5.91 Å². The van der Waals surface area contributed by atoms with Crippen LogP contribution >= 0.6 is 11.6 Å². The van der Waals surface area contributed by atoms with Crippen molar-refractivity contribution in [1.29, 1.82) is 0 Å². The number of carbonyl (C=O) groups is 1. The summed E-state index contributed by atoms with van der Waals surface area (Å²) < 4.78 is 91.6. The van der Waals surface area contributed by atoms with Gasteiger partial charge in [-0.15, -0.1) is 0 Å². The molecule has 0 bridgehead atoms. The fourth-order valence-electron chi connectivity index (χ4n) is 4.02. The van der Waals surface area contributed by atoms with E-state index in [0.29, 0.717) is 24.5 Å². The maximum Gasteiger partial charge on any atom is 0.416 e. The van der Waals surface area contributed by atoms with E-state index in [9.17, 15) is 40.3 Å². The van der Waals surface area contributed by atoms with Crippen LogP contribution in [0.15, 0.2) is 41.3 Å². The van der Waals surface area contributed by atoms with Crippen molar-refractivity contribution in [3.63, 3.8) is 0 Å². The molecule has 2 aromatic rings. The van der Waals surface area contributed by atoms with Gasteiger partial charge in [-0.1, -0.05) is 23.7 Å². The molecule has 1 aliphatic rings. The van der Waals surface area contributed by atoms with E-state index in [1.807, 2.05) is 0 Å². The van der Waals surface area contributed by atoms with Gasteiger partial charge in [0, 0.05) is 6.26 Å². The van der Waals surface area contributed by atoms with E-state index in [-0.39, 0.29) is 31.2 Å². The van der Waals surface area contributed by atoms with Crippen LogP contribution in [-0.2, 0) is 16.0 Å². The Balaban J connectivity index is 2.09. The third-order valence-corrected chi connectivity index (χ3v) is 7.37. The van der Waals surface area contributed by atoms with Crippen molar-refractivity contribution in [2.75, 3.05) is 6.26 Å². The normalized spacial score (nSPS) is 22.3. The predicted octanol–water partition coefficient (Wildman–Crippen LogP) is 5.02. The molecular weight excluding hydrogens is 505 g/mol. The molecule has 1 saturated carbocycles. The second-order valence-electron chi connectivity index (χ2n) is 8.31. The van der Waals surface area contributed by atoms with Gasteiger partial charge in [0.1, 0.15) is 12.0 Å². The molecule has 0 aliphatic heterocycles. The monoisotopic (exact) mass is 525 g/mol. The Morgan fingerprint density at radius 2 is 1.82 bits per heavy atom. The van der Waals surface area contributed by atoms with Crippen molar-refractivity contribution in [3.05, 3.63) is 63.9 Å². The number of benzene rings is 2. The first-order valence-electron chi connectivity index (χ1n) is 10.2. The number of aliphatic hydroxyl groups is 1. The summed E-state index contributed by atoms with van der Waals surface area (Å²) in [6.45, 7) is 0. The number of alkyl halides is 4. The number of carbonyl (C=O) groups excluding carboxylic acids is 1. The van der Waals surface area contributed by atoms with Crippen LogP contribution < -0.4 is 5.32 Å². The molecule has 2 aromatic carbocycles. The number of halogens is 6. The highest BCUT2D eigenvalue weighted by Gasteiger charge is 2.43.